The van der Waals surface area contributed by atoms with E-state index in [1.165, 1.54) is 12.0 Å². The molecule has 7 nitrogen and oxygen atoms in total. The van der Waals surface area contributed by atoms with Crippen molar-refractivity contribution in [3.8, 4) is 0 Å². The summed E-state index contributed by atoms with van der Waals surface area (Å²) < 4.78 is 37.9. The molecule has 0 N–H and O–H groups in total. The molecule has 0 aromatic heterocycles. The van der Waals surface area contributed by atoms with Gasteiger partial charge in [-0.3, -0.25) is 4.18 Å². The second-order valence-corrected chi connectivity index (χ2v) is 7.42. The molecule has 1 aliphatic rings. The van der Waals surface area contributed by atoms with Crippen molar-refractivity contribution in [3.63, 3.8) is 0 Å². The van der Waals surface area contributed by atoms with Crippen molar-refractivity contribution in [3.05, 3.63) is 0 Å². The van der Waals surface area contributed by atoms with E-state index in [-0.39, 0.29) is 6.61 Å². The maximum absolute atomic E-state index is 12.1. The zero-order chi connectivity index (χ0) is 15.6. The zero-order valence-electron chi connectivity index (χ0n) is 12.6. The molecule has 2 atom stereocenters. The van der Waals surface area contributed by atoms with E-state index in [2.05, 4.69) is 0 Å². The Morgan fingerprint density at radius 3 is 2.40 bits per heavy atom. The fourth-order valence-corrected chi connectivity index (χ4v) is 2.75. The van der Waals surface area contributed by atoms with E-state index in [9.17, 15) is 13.2 Å². The topological polar surface area (TPSA) is 82.1 Å². The average Bonchev–Trinajstić information content (AvgIpc) is 2.57. The minimum Gasteiger partial charge on any atom is -0.444 e. The lowest BCUT2D eigenvalue weighted by molar-refractivity contribution is 0.00525. The SMILES string of the molecule is COC[C@@H]1[C@@H](OS(C)(=O)=O)CCN1C(=O)OC(C)(C)C. The first kappa shape index (κ1) is 17.2. The van der Waals surface area contributed by atoms with Gasteiger partial charge in [0.05, 0.1) is 18.9 Å². The molecule has 0 aromatic carbocycles. The first-order valence-corrected chi connectivity index (χ1v) is 8.22. The van der Waals surface area contributed by atoms with Gasteiger partial charge in [0, 0.05) is 13.7 Å². The predicted molar refractivity (Wildman–Crippen MR) is 72.9 cm³/mol. The summed E-state index contributed by atoms with van der Waals surface area (Å²) in [5.41, 5.74) is -0.607. The van der Waals surface area contributed by atoms with E-state index in [0.717, 1.165) is 6.26 Å². The first-order valence-electron chi connectivity index (χ1n) is 6.40. The van der Waals surface area contributed by atoms with Gasteiger partial charge >= 0.3 is 6.09 Å². The lowest BCUT2D eigenvalue weighted by Crippen LogP contribution is -2.45. The fourth-order valence-electron chi connectivity index (χ4n) is 2.08. The third-order valence-corrected chi connectivity index (χ3v) is 3.34. The molecule has 0 spiro atoms. The Labute approximate surface area is 120 Å². The second kappa shape index (κ2) is 6.28. The van der Waals surface area contributed by atoms with Crippen LogP contribution in [0.15, 0.2) is 0 Å². The smallest absolute Gasteiger partial charge is 0.410 e. The second-order valence-electron chi connectivity index (χ2n) is 5.82. The van der Waals surface area contributed by atoms with E-state index < -0.39 is 34.0 Å². The zero-order valence-corrected chi connectivity index (χ0v) is 13.4. The maximum Gasteiger partial charge on any atom is 0.410 e. The van der Waals surface area contributed by atoms with Crippen molar-refractivity contribution in [2.75, 3.05) is 26.5 Å². The minimum atomic E-state index is -3.58. The molecule has 1 heterocycles. The van der Waals surface area contributed by atoms with Crippen LogP contribution in [0, 0.1) is 0 Å². The number of hydrogen-bond acceptors (Lipinski definition) is 6. The van der Waals surface area contributed by atoms with Crippen LogP contribution in [-0.2, 0) is 23.8 Å². The number of hydrogen-bond donors (Lipinski definition) is 0. The Morgan fingerprint density at radius 2 is 1.95 bits per heavy atom. The molecule has 0 aromatic rings. The fraction of sp³-hybridized carbons (Fsp3) is 0.917. The quantitative estimate of drug-likeness (QED) is 0.720. The Hall–Kier alpha value is -0.860. The molecule has 8 heteroatoms. The summed E-state index contributed by atoms with van der Waals surface area (Å²) in [5, 5.41) is 0. The van der Waals surface area contributed by atoms with Gasteiger partial charge in [-0.15, -0.1) is 0 Å². The van der Waals surface area contributed by atoms with Crippen LogP contribution >= 0.6 is 0 Å². The van der Waals surface area contributed by atoms with E-state index in [1.807, 2.05) is 0 Å². The highest BCUT2D eigenvalue weighted by atomic mass is 32.2. The summed E-state index contributed by atoms with van der Waals surface area (Å²) in [7, 11) is -2.09. The molecule has 118 valence electrons. The van der Waals surface area contributed by atoms with Crippen LogP contribution in [0.4, 0.5) is 4.79 Å². The number of likely N-dealkylation sites (tertiary alicyclic amines) is 1. The average molecular weight is 309 g/mol. The minimum absolute atomic E-state index is 0.194. The standard InChI is InChI=1S/C12H23NO6S/c1-12(2,3)18-11(14)13-7-6-10(9(13)8-17-4)19-20(5,15)16/h9-10H,6-8H2,1-5H3/t9-,10+/m1/s1. The van der Waals surface area contributed by atoms with Gasteiger partial charge in [0.2, 0.25) is 0 Å². The number of carbonyl (C=O) groups is 1. The van der Waals surface area contributed by atoms with Gasteiger partial charge in [-0.1, -0.05) is 0 Å². The van der Waals surface area contributed by atoms with E-state index in [1.54, 1.807) is 20.8 Å². The molecule has 0 bridgehead atoms. The Bertz CT molecular complexity index is 441. The number of methoxy groups -OCH3 is 1. The van der Waals surface area contributed by atoms with Crippen LogP contribution in [0.2, 0.25) is 0 Å². The van der Waals surface area contributed by atoms with Gasteiger partial charge in [-0.05, 0) is 27.2 Å². The van der Waals surface area contributed by atoms with Gasteiger partial charge in [0.25, 0.3) is 10.1 Å². The predicted octanol–water partition coefficient (Wildman–Crippen LogP) is 0.987. The number of ether oxygens (including phenoxy) is 2. The van der Waals surface area contributed by atoms with Gasteiger partial charge in [-0.25, -0.2) is 4.79 Å². The van der Waals surface area contributed by atoms with Crippen LogP contribution in [0.1, 0.15) is 27.2 Å². The summed E-state index contributed by atoms with van der Waals surface area (Å²) in [6.07, 6.45) is 0.337. The maximum atomic E-state index is 12.1. The van der Waals surface area contributed by atoms with Gasteiger partial charge in [0.1, 0.15) is 11.7 Å². The normalized spacial score (nSPS) is 23.9. The lowest BCUT2D eigenvalue weighted by atomic mass is 10.2. The molecule has 20 heavy (non-hydrogen) atoms. The summed E-state index contributed by atoms with van der Waals surface area (Å²) in [6.45, 7) is 5.90. The molecular weight excluding hydrogens is 286 g/mol. The number of rotatable bonds is 4. The van der Waals surface area contributed by atoms with Crippen molar-refractivity contribution in [2.45, 2.75) is 44.9 Å². The molecule has 1 rings (SSSR count). The van der Waals surface area contributed by atoms with Crippen LogP contribution in [-0.4, -0.2) is 63.7 Å². The summed E-state index contributed by atoms with van der Waals surface area (Å²) in [4.78, 5) is 13.6. The largest absolute Gasteiger partial charge is 0.444 e. The molecule has 0 saturated carbocycles. The van der Waals surface area contributed by atoms with Crippen molar-refractivity contribution in [1.82, 2.24) is 4.90 Å². The van der Waals surface area contributed by atoms with E-state index in [0.29, 0.717) is 13.0 Å². The Kier molecular flexibility index (Phi) is 5.39. The molecule has 1 fully saturated rings. The number of amides is 1. The van der Waals surface area contributed by atoms with Crippen molar-refractivity contribution in [2.24, 2.45) is 0 Å². The first-order chi connectivity index (χ1) is 9.03. The van der Waals surface area contributed by atoms with Gasteiger partial charge in [-0.2, -0.15) is 8.42 Å². The lowest BCUT2D eigenvalue weighted by Gasteiger charge is -2.29. The van der Waals surface area contributed by atoms with E-state index >= 15 is 0 Å². The highest BCUT2D eigenvalue weighted by Crippen LogP contribution is 2.25. The molecule has 0 radical (unpaired) electrons. The summed E-state index contributed by atoms with van der Waals surface area (Å²) >= 11 is 0. The van der Waals surface area contributed by atoms with Crippen LogP contribution < -0.4 is 0 Å². The number of carbonyl (C=O) groups excluding carboxylic acids is 1. The third kappa shape index (κ3) is 5.26. The summed E-state index contributed by atoms with van der Waals surface area (Å²) in [6, 6.07) is -0.468. The van der Waals surface area contributed by atoms with Crippen LogP contribution in [0.5, 0.6) is 0 Å². The molecular formula is C12H23NO6S. The monoisotopic (exact) mass is 309 g/mol. The van der Waals surface area contributed by atoms with E-state index in [4.69, 9.17) is 13.7 Å². The molecule has 1 amide bonds. The molecule has 1 saturated heterocycles. The molecule has 0 aliphatic carbocycles. The Balaban J connectivity index is 2.80. The highest BCUT2D eigenvalue weighted by molar-refractivity contribution is 7.86. The van der Waals surface area contributed by atoms with Gasteiger partial charge < -0.3 is 14.4 Å². The van der Waals surface area contributed by atoms with Crippen LogP contribution in [0.3, 0.4) is 0 Å². The van der Waals surface area contributed by atoms with Crippen LogP contribution in [0.25, 0.3) is 0 Å². The third-order valence-electron chi connectivity index (χ3n) is 2.75. The highest BCUT2D eigenvalue weighted by Gasteiger charge is 2.41. The summed E-state index contributed by atoms with van der Waals surface area (Å²) in [5.74, 6) is 0. The van der Waals surface area contributed by atoms with Gasteiger partial charge in [0.15, 0.2) is 0 Å². The molecule has 1 aliphatic heterocycles. The van der Waals surface area contributed by atoms with Crippen molar-refractivity contribution in [1.29, 1.82) is 0 Å². The van der Waals surface area contributed by atoms with Crippen molar-refractivity contribution < 1.29 is 26.9 Å². The number of nitrogens with zero attached hydrogens (tertiary/aromatic N) is 1. The molecule has 0 unspecified atom stereocenters. The van der Waals surface area contributed by atoms with Crippen molar-refractivity contribution >= 4 is 16.2 Å². The Morgan fingerprint density at radius 1 is 1.35 bits per heavy atom.